The molecule has 1 N–H and O–H groups in total. The van der Waals surface area contributed by atoms with Crippen molar-refractivity contribution in [2.24, 2.45) is 0 Å². The van der Waals surface area contributed by atoms with Crippen LogP contribution in [0, 0.1) is 0 Å². The number of hydrogen-bond donors (Lipinski definition) is 1. The summed E-state index contributed by atoms with van der Waals surface area (Å²) in [4.78, 5) is 14.9. The Morgan fingerprint density at radius 1 is 1.14 bits per heavy atom. The molecule has 0 aromatic heterocycles. The first-order valence-electron chi connectivity index (χ1n) is 7.49. The molecule has 0 spiro atoms. The summed E-state index contributed by atoms with van der Waals surface area (Å²) in [5.74, 6) is 0.101. The smallest absolute Gasteiger partial charge is 0.258 e. The lowest BCUT2D eigenvalue weighted by Gasteiger charge is -2.23. The average Bonchev–Trinajstić information content (AvgIpc) is 2.76. The zero-order valence-corrected chi connectivity index (χ0v) is 12.3. The van der Waals surface area contributed by atoms with E-state index in [1.54, 1.807) is 0 Å². The van der Waals surface area contributed by atoms with Gasteiger partial charge in [-0.1, -0.05) is 43.3 Å². The van der Waals surface area contributed by atoms with Crippen molar-refractivity contribution in [3.8, 4) is 0 Å². The minimum absolute atomic E-state index is 0.101. The SMILES string of the molecule is CCc1ccccc1C(=O)N1CCNCc2ccccc21. The fraction of sp³-hybridized carbons (Fsp3) is 0.278. The first-order valence-corrected chi connectivity index (χ1v) is 7.49. The highest BCUT2D eigenvalue weighted by Crippen LogP contribution is 2.25. The van der Waals surface area contributed by atoms with Gasteiger partial charge in [0.1, 0.15) is 0 Å². The second-order valence-electron chi connectivity index (χ2n) is 5.27. The quantitative estimate of drug-likeness (QED) is 0.917. The summed E-state index contributed by atoms with van der Waals surface area (Å²) >= 11 is 0. The molecule has 2 aromatic carbocycles. The van der Waals surface area contributed by atoms with E-state index in [2.05, 4.69) is 18.3 Å². The zero-order valence-electron chi connectivity index (χ0n) is 12.3. The van der Waals surface area contributed by atoms with Crippen LogP contribution in [0.15, 0.2) is 48.5 Å². The monoisotopic (exact) mass is 280 g/mol. The Morgan fingerprint density at radius 3 is 2.76 bits per heavy atom. The van der Waals surface area contributed by atoms with Gasteiger partial charge in [0.05, 0.1) is 0 Å². The van der Waals surface area contributed by atoms with E-state index >= 15 is 0 Å². The molecular weight excluding hydrogens is 260 g/mol. The summed E-state index contributed by atoms with van der Waals surface area (Å²) in [6, 6.07) is 16.0. The molecule has 108 valence electrons. The van der Waals surface area contributed by atoms with E-state index in [4.69, 9.17) is 0 Å². The van der Waals surface area contributed by atoms with Crippen molar-refractivity contribution in [3.05, 3.63) is 65.2 Å². The Bertz CT molecular complexity index is 651. The highest BCUT2D eigenvalue weighted by molar-refractivity contribution is 6.07. The summed E-state index contributed by atoms with van der Waals surface area (Å²) in [7, 11) is 0. The van der Waals surface area contributed by atoms with Gasteiger partial charge in [-0.05, 0) is 29.7 Å². The minimum atomic E-state index is 0.101. The molecule has 2 aromatic rings. The first kappa shape index (κ1) is 13.8. The molecule has 21 heavy (non-hydrogen) atoms. The Kier molecular flexibility index (Phi) is 4.02. The van der Waals surface area contributed by atoms with Gasteiger partial charge in [0, 0.05) is 30.9 Å². The van der Waals surface area contributed by atoms with Gasteiger partial charge >= 0.3 is 0 Å². The van der Waals surface area contributed by atoms with Gasteiger partial charge in [-0.3, -0.25) is 4.79 Å². The number of aryl methyl sites for hydroxylation is 1. The average molecular weight is 280 g/mol. The van der Waals surface area contributed by atoms with Crippen LogP contribution >= 0.6 is 0 Å². The standard InChI is InChI=1S/C18H20N2O/c1-2-14-7-3-5-9-16(14)18(21)20-12-11-19-13-15-8-4-6-10-17(15)20/h3-10,19H,2,11-13H2,1H3. The number of carbonyl (C=O) groups excluding carboxylic acids is 1. The summed E-state index contributed by atoms with van der Waals surface area (Å²) < 4.78 is 0. The van der Waals surface area contributed by atoms with Gasteiger partial charge in [-0.2, -0.15) is 0 Å². The van der Waals surface area contributed by atoms with Crippen LogP contribution in [0.3, 0.4) is 0 Å². The predicted octanol–water partition coefficient (Wildman–Crippen LogP) is 3.00. The number of amides is 1. The molecule has 1 aliphatic rings. The van der Waals surface area contributed by atoms with Crippen LogP contribution in [-0.2, 0) is 13.0 Å². The summed E-state index contributed by atoms with van der Waals surface area (Å²) in [5.41, 5.74) is 4.13. The van der Waals surface area contributed by atoms with E-state index in [0.29, 0.717) is 6.54 Å². The van der Waals surface area contributed by atoms with E-state index in [1.807, 2.05) is 47.4 Å². The number of nitrogens with zero attached hydrogens (tertiary/aromatic N) is 1. The van der Waals surface area contributed by atoms with Crippen LogP contribution in [0.1, 0.15) is 28.4 Å². The van der Waals surface area contributed by atoms with Gasteiger partial charge in [0.15, 0.2) is 0 Å². The summed E-state index contributed by atoms with van der Waals surface area (Å²) in [6.07, 6.45) is 0.871. The molecule has 0 unspecified atom stereocenters. The molecule has 1 amide bonds. The third-order valence-electron chi connectivity index (χ3n) is 3.98. The van der Waals surface area contributed by atoms with Crippen LogP contribution in [0.2, 0.25) is 0 Å². The summed E-state index contributed by atoms with van der Waals surface area (Å²) in [5, 5.41) is 3.37. The van der Waals surface area contributed by atoms with Crippen molar-refractivity contribution >= 4 is 11.6 Å². The molecule has 0 aliphatic carbocycles. The number of benzene rings is 2. The molecule has 3 heteroatoms. The Balaban J connectivity index is 2.01. The molecule has 3 nitrogen and oxygen atoms in total. The van der Waals surface area contributed by atoms with Crippen molar-refractivity contribution in [1.29, 1.82) is 0 Å². The van der Waals surface area contributed by atoms with Crippen molar-refractivity contribution in [2.45, 2.75) is 19.9 Å². The maximum Gasteiger partial charge on any atom is 0.258 e. The Labute approximate surface area is 125 Å². The highest BCUT2D eigenvalue weighted by Gasteiger charge is 2.23. The van der Waals surface area contributed by atoms with Crippen LogP contribution in [0.4, 0.5) is 5.69 Å². The topological polar surface area (TPSA) is 32.3 Å². The van der Waals surface area contributed by atoms with Gasteiger partial charge in [-0.15, -0.1) is 0 Å². The fourth-order valence-corrected chi connectivity index (χ4v) is 2.85. The first-order chi connectivity index (χ1) is 10.3. The lowest BCUT2D eigenvalue weighted by Crippen LogP contribution is -2.35. The summed E-state index contributed by atoms with van der Waals surface area (Å²) in [6.45, 7) is 4.42. The van der Waals surface area contributed by atoms with Crippen molar-refractivity contribution in [3.63, 3.8) is 0 Å². The molecule has 1 heterocycles. The lowest BCUT2D eigenvalue weighted by molar-refractivity contribution is 0.0986. The minimum Gasteiger partial charge on any atom is -0.311 e. The van der Waals surface area contributed by atoms with Crippen LogP contribution in [0.25, 0.3) is 0 Å². The van der Waals surface area contributed by atoms with Crippen LogP contribution in [-0.4, -0.2) is 19.0 Å². The molecule has 0 saturated carbocycles. The molecule has 0 atom stereocenters. The molecule has 1 aliphatic heterocycles. The molecule has 3 rings (SSSR count). The van der Waals surface area contributed by atoms with E-state index in [0.717, 1.165) is 36.3 Å². The van der Waals surface area contributed by atoms with Gasteiger partial charge in [-0.25, -0.2) is 0 Å². The molecule has 0 fully saturated rings. The van der Waals surface area contributed by atoms with Gasteiger partial charge in [0.25, 0.3) is 5.91 Å². The lowest BCUT2D eigenvalue weighted by atomic mass is 10.0. The number of carbonyl (C=O) groups is 1. The third kappa shape index (κ3) is 2.69. The van der Waals surface area contributed by atoms with Gasteiger partial charge < -0.3 is 10.2 Å². The third-order valence-corrected chi connectivity index (χ3v) is 3.98. The molecule has 0 bridgehead atoms. The normalized spacial score (nSPS) is 14.4. The van der Waals surface area contributed by atoms with E-state index in [-0.39, 0.29) is 5.91 Å². The predicted molar refractivity (Wildman–Crippen MR) is 85.6 cm³/mol. The van der Waals surface area contributed by atoms with E-state index in [9.17, 15) is 4.79 Å². The maximum absolute atomic E-state index is 13.0. The maximum atomic E-state index is 13.0. The van der Waals surface area contributed by atoms with Gasteiger partial charge in [0.2, 0.25) is 0 Å². The second-order valence-corrected chi connectivity index (χ2v) is 5.27. The highest BCUT2D eigenvalue weighted by atomic mass is 16.2. The Hall–Kier alpha value is -2.13. The van der Waals surface area contributed by atoms with Crippen LogP contribution < -0.4 is 10.2 Å². The number of anilines is 1. The number of rotatable bonds is 2. The van der Waals surface area contributed by atoms with E-state index < -0.39 is 0 Å². The molecule has 0 saturated heterocycles. The molecular formula is C18H20N2O. The number of hydrogen-bond acceptors (Lipinski definition) is 2. The largest absolute Gasteiger partial charge is 0.311 e. The Morgan fingerprint density at radius 2 is 1.90 bits per heavy atom. The number of para-hydroxylation sites is 1. The fourth-order valence-electron chi connectivity index (χ4n) is 2.85. The zero-order chi connectivity index (χ0) is 14.7. The number of nitrogens with one attached hydrogen (secondary N) is 1. The van der Waals surface area contributed by atoms with E-state index in [1.165, 1.54) is 5.56 Å². The molecule has 0 radical (unpaired) electrons. The van der Waals surface area contributed by atoms with Crippen molar-refractivity contribution < 1.29 is 4.79 Å². The second kappa shape index (κ2) is 6.10. The number of fused-ring (bicyclic) bond motifs is 1. The van der Waals surface area contributed by atoms with Crippen molar-refractivity contribution in [2.75, 3.05) is 18.0 Å². The van der Waals surface area contributed by atoms with Crippen molar-refractivity contribution in [1.82, 2.24) is 5.32 Å². The van der Waals surface area contributed by atoms with Crippen LogP contribution in [0.5, 0.6) is 0 Å².